The second-order valence-corrected chi connectivity index (χ2v) is 6.57. The Balaban J connectivity index is 1.83. The molecule has 1 spiro atoms. The fourth-order valence-electron chi connectivity index (χ4n) is 3.45. The van der Waals surface area contributed by atoms with E-state index in [0.29, 0.717) is 10.9 Å². The minimum atomic E-state index is 0.0532. The molecule has 1 saturated carbocycles. The molecular weight excluding hydrogens is 319 g/mol. The summed E-state index contributed by atoms with van der Waals surface area (Å²) in [6.45, 7) is 0. The van der Waals surface area contributed by atoms with Crippen LogP contribution in [0.4, 0.5) is 5.69 Å². The van der Waals surface area contributed by atoms with E-state index >= 15 is 0 Å². The van der Waals surface area contributed by atoms with Gasteiger partial charge in [-0.1, -0.05) is 18.0 Å². The number of hydrogen-bond donors (Lipinski definition) is 1. The molecule has 0 amide bonds. The molecule has 0 unspecified atom stereocenters. The normalized spacial score (nSPS) is 18.0. The van der Waals surface area contributed by atoms with Gasteiger partial charge in [0.1, 0.15) is 5.84 Å². The Morgan fingerprint density at radius 1 is 1.36 bits per heavy atom. The highest BCUT2D eigenvalue weighted by molar-refractivity contribution is 6.32. The number of hydrogen-bond acceptors (Lipinski definition) is 3. The highest BCUT2D eigenvalue weighted by Crippen LogP contribution is 2.53. The second kappa shape index (κ2) is 5.00. The van der Waals surface area contributed by atoms with E-state index in [9.17, 15) is 0 Å². The smallest absolute Gasteiger partial charge is 0.113 e. The summed E-state index contributed by atoms with van der Waals surface area (Å²) in [6.07, 6.45) is 7.16. The molecule has 22 heavy (non-hydrogen) atoms. The summed E-state index contributed by atoms with van der Waals surface area (Å²) in [5.41, 5.74) is 4.09. The number of alkyl halides is 1. The van der Waals surface area contributed by atoms with Crippen LogP contribution in [0, 0.1) is 0 Å². The molecule has 1 aliphatic carbocycles. The van der Waals surface area contributed by atoms with E-state index in [1.54, 1.807) is 10.9 Å². The zero-order valence-electron chi connectivity index (χ0n) is 12.2. The fraction of sp³-hybridized carbons (Fsp3) is 0.375. The largest absolute Gasteiger partial charge is 0.376 e. The number of rotatable bonds is 2. The summed E-state index contributed by atoms with van der Waals surface area (Å²) >= 11 is 12.4. The van der Waals surface area contributed by atoms with E-state index in [2.05, 4.69) is 16.5 Å². The third-order valence-electron chi connectivity index (χ3n) is 4.75. The first-order valence-electron chi connectivity index (χ1n) is 7.39. The zero-order chi connectivity index (χ0) is 15.3. The summed E-state index contributed by atoms with van der Waals surface area (Å²) in [5, 5.41) is 8.30. The van der Waals surface area contributed by atoms with E-state index in [-0.39, 0.29) is 5.41 Å². The maximum atomic E-state index is 6.53. The second-order valence-electron chi connectivity index (χ2n) is 5.89. The molecule has 0 radical (unpaired) electrons. The summed E-state index contributed by atoms with van der Waals surface area (Å²) in [4.78, 5) is 4.78. The number of amidine groups is 1. The highest BCUT2D eigenvalue weighted by Gasteiger charge is 2.48. The van der Waals surface area contributed by atoms with Crippen molar-refractivity contribution >= 4 is 34.7 Å². The number of nitrogens with one attached hydrogen (secondary N) is 1. The summed E-state index contributed by atoms with van der Waals surface area (Å²) in [6, 6.07) is 4.08. The number of fused-ring (bicyclic) bond motifs is 2. The van der Waals surface area contributed by atoms with Gasteiger partial charge in [-0.15, -0.1) is 11.6 Å². The van der Waals surface area contributed by atoms with Gasteiger partial charge >= 0.3 is 0 Å². The predicted molar refractivity (Wildman–Crippen MR) is 89.8 cm³/mol. The average Bonchev–Trinajstić information content (AvgIpc) is 3.06. The zero-order valence-corrected chi connectivity index (χ0v) is 13.7. The lowest BCUT2D eigenvalue weighted by Gasteiger charge is -2.40. The van der Waals surface area contributed by atoms with Gasteiger partial charge in [-0.3, -0.25) is 0 Å². The molecule has 2 aliphatic rings. The molecule has 0 saturated heterocycles. The molecular formula is C16H16Cl2N4. The summed E-state index contributed by atoms with van der Waals surface area (Å²) in [5.74, 6) is 1.50. The molecule has 0 atom stereocenters. The Bertz CT molecular complexity index is 774. The number of aliphatic imine (C=N–C) groups is 1. The van der Waals surface area contributed by atoms with Crippen molar-refractivity contribution < 1.29 is 0 Å². The molecule has 2 heterocycles. The van der Waals surface area contributed by atoms with Gasteiger partial charge in [-0.05, 0) is 30.5 Å². The molecule has 6 heteroatoms. The lowest BCUT2D eigenvalue weighted by atomic mass is 9.64. The first-order chi connectivity index (χ1) is 10.7. The van der Waals surface area contributed by atoms with Crippen molar-refractivity contribution in [3.63, 3.8) is 0 Å². The van der Waals surface area contributed by atoms with Crippen molar-refractivity contribution in [2.45, 2.75) is 30.6 Å². The fourth-order valence-corrected chi connectivity index (χ4v) is 3.84. The molecule has 4 nitrogen and oxygen atoms in total. The van der Waals surface area contributed by atoms with E-state index < -0.39 is 0 Å². The van der Waals surface area contributed by atoms with Crippen LogP contribution in [0.25, 0.3) is 5.69 Å². The standard InChI is InChI=1S/C16H16Cl2N4/c1-19-15-16(3-2-4-16)11-5-12(18)14(6-13(11)21-15)22-9-10(7-17)8-20-22/h5-6,8-9H,2-4,7H2,1H3,(H,19,21). The minimum absolute atomic E-state index is 0.0532. The van der Waals surface area contributed by atoms with Crippen molar-refractivity contribution in [3.8, 4) is 5.69 Å². The molecule has 1 N–H and O–H groups in total. The topological polar surface area (TPSA) is 42.2 Å². The van der Waals surface area contributed by atoms with Crippen LogP contribution in [-0.2, 0) is 11.3 Å². The lowest BCUT2D eigenvalue weighted by Crippen LogP contribution is -2.45. The minimum Gasteiger partial charge on any atom is -0.376 e. The number of nitrogens with zero attached hydrogens (tertiary/aromatic N) is 3. The number of aromatic nitrogens is 2. The Labute approximate surface area is 139 Å². The van der Waals surface area contributed by atoms with Crippen LogP contribution in [0.3, 0.4) is 0 Å². The maximum absolute atomic E-state index is 6.53. The lowest BCUT2D eigenvalue weighted by molar-refractivity contribution is 0.341. The van der Waals surface area contributed by atoms with Crippen molar-refractivity contribution in [2.75, 3.05) is 7.05 Å². The Hall–Kier alpha value is -1.52. The molecule has 1 aliphatic heterocycles. The highest BCUT2D eigenvalue weighted by atomic mass is 35.5. The quantitative estimate of drug-likeness (QED) is 0.845. The van der Waals surface area contributed by atoms with Crippen LogP contribution in [0.15, 0.2) is 29.5 Å². The molecule has 114 valence electrons. The molecule has 2 aromatic rings. The van der Waals surface area contributed by atoms with Gasteiger partial charge in [0.05, 0.1) is 33.9 Å². The molecule has 1 aromatic carbocycles. The Morgan fingerprint density at radius 3 is 2.77 bits per heavy atom. The molecule has 1 fully saturated rings. The monoisotopic (exact) mass is 334 g/mol. The SMILES string of the molecule is CNC1=Nc2cc(-n3cc(CCl)cn3)c(Cl)cc2C12CCC2. The average molecular weight is 335 g/mol. The van der Waals surface area contributed by atoms with Crippen LogP contribution in [0.5, 0.6) is 0 Å². The first kappa shape index (κ1) is 14.1. The van der Waals surface area contributed by atoms with Crippen LogP contribution in [-0.4, -0.2) is 22.7 Å². The van der Waals surface area contributed by atoms with Gasteiger partial charge < -0.3 is 5.32 Å². The van der Waals surface area contributed by atoms with Crippen molar-refractivity contribution in [1.82, 2.24) is 15.1 Å². The van der Waals surface area contributed by atoms with Gasteiger partial charge in [0.15, 0.2) is 0 Å². The number of likely N-dealkylation sites (N-methyl/N-ethyl adjacent to an activating group) is 1. The third-order valence-corrected chi connectivity index (χ3v) is 5.36. The predicted octanol–water partition coefficient (Wildman–Crippen LogP) is 3.95. The summed E-state index contributed by atoms with van der Waals surface area (Å²) in [7, 11) is 1.94. The van der Waals surface area contributed by atoms with Gasteiger partial charge in [-0.25, -0.2) is 9.67 Å². The van der Waals surface area contributed by atoms with Crippen molar-refractivity contribution in [3.05, 3.63) is 40.7 Å². The first-order valence-corrected chi connectivity index (χ1v) is 8.30. The number of benzene rings is 1. The van der Waals surface area contributed by atoms with Gasteiger partial charge in [0, 0.05) is 18.8 Å². The van der Waals surface area contributed by atoms with Crippen LogP contribution in [0.2, 0.25) is 5.02 Å². The van der Waals surface area contributed by atoms with E-state index in [1.807, 2.05) is 19.3 Å². The number of halogens is 2. The van der Waals surface area contributed by atoms with Gasteiger partial charge in [-0.2, -0.15) is 5.10 Å². The molecule has 4 rings (SSSR count). The van der Waals surface area contributed by atoms with Gasteiger partial charge in [0.2, 0.25) is 0 Å². The van der Waals surface area contributed by atoms with Gasteiger partial charge in [0.25, 0.3) is 0 Å². The van der Waals surface area contributed by atoms with E-state index in [1.165, 1.54) is 12.0 Å². The van der Waals surface area contributed by atoms with Crippen molar-refractivity contribution in [1.29, 1.82) is 0 Å². The van der Waals surface area contributed by atoms with Crippen LogP contribution in [0.1, 0.15) is 30.4 Å². The Kier molecular flexibility index (Phi) is 3.20. The summed E-state index contributed by atoms with van der Waals surface area (Å²) < 4.78 is 1.76. The van der Waals surface area contributed by atoms with Crippen LogP contribution >= 0.6 is 23.2 Å². The van der Waals surface area contributed by atoms with E-state index in [0.717, 1.165) is 35.6 Å². The maximum Gasteiger partial charge on any atom is 0.113 e. The molecule has 1 aromatic heterocycles. The van der Waals surface area contributed by atoms with Crippen molar-refractivity contribution in [2.24, 2.45) is 4.99 Å². The van der Waals surface area contributed by atoms with E-state index in [4.69, 9.17) is 28.2 Å². The van der Waals surface area contributed by atoms with Crippen LogP contribution < -0.4 is 5.32 Å². The molecule has 0 bridgehead atoms. The third kappa shape index (κ3) is 1.83. The Morgan fingerprint density at radius 2 is 2.18 bits per heavy atom.